The van der Waals surface area contributed by atoms with Gasteiger partial charge in [0.15, 0.2) is 29.1 Å². The Hall–Kier alpha value is -11.9. The summed E-state index contributed by atoms with van der Waals surface area (Å²) in [6, 6.07) is 5.87. The number of nitrogens with zero attached hydrogens (tertiary/aromatic N) is 2. The molecular formula is C89H102Cl2N10O28. The van der Waals surface area contributed by atoms with Gasteiger partial charge in [-0.1, -0.05) is 106 Å². The quantitative estimate of drug-likeness (QED) is 0.0415. The van der Waals surface area contributed by atoms with Gasteiger partial charge >= 0.3 is 5.97 Å². The molecule has 2 saturated heterocycles. The molecule has 8 heterocycles. The van der Waals surface area contributed by atoms with Crippen LogP contribution in [0, 0.1) is 5.92 Å². The molecule has 0 aromatic heterocycles. The number of phenolic OH excluding ortho intramolecular Hbond substituents is 4. The summed E-state index contributed by atoms with van der Waals surface area (Å²) in [5.74, 6) is -17.4. The minimum absolute atomic E-state index is 0.0942. The van der Waals surface area contributed by atoms with Crippen LogP contribution in [0.1, 0.15) is 147 Å². The second-order valence-electron chi connectivity index (χ2n) is 33.3. The minimum Gasteiger partial charge on any atom is -0.508 e. The number of ether oxygens (including phenoxy) is 7. The highest BCUT2D eigenvalue weighted by Crippen LogP contribution is 2.51. The van der Waals surface area contributed by atoms with Gasteiger partial charge < -0.3 is 142 Å². The summed E-state index contributed by atoms with van der Waals surface area (Å²) in [5.41, 5.74) is -2.63. The van der Waals surface area contributed by atoms with Crippen molar-refractivity contribution in [1.29, 1.82) is 0 Å². The fourth-order valence-corrected chi connectivity index (χ4v) is 16.6. The number of nitrogens with one attached hydrogen (secondary N) is 8. The number of carboxylic acids is 1. The highest BCUT2D eigenvalue weighted by atomic mass is 35.5. The first-order valence-corrected chi connectivity index (χ1v) is 42.6. The molecule has 2 fully saturated rings. The summed E-state index contributed by atoms with van der Waals surface area (Å²) in [6.45, 7) is 3.61. The van der Waals surface area contributed by atoms with Crippen LogP contribution < -0.4 is 66.2 Å². The Bertz CT molecular complexity index is 5380. The Morgan fingerprint density at radius 2 is 1.19 bits per heavy atom. The molecule has 8 aliphatic heterocycles. The Morgan fingerprint density at radius 3 is 1.88 bits per heavy atom. The number of carbonyl (C=O) groups excluding carboxylic acids is 8. The first kappa shape index (κ1) is 94.7. The van der Waals surface area contributed by atoms with E-state index in [1.54, 1.807) is 33.1 Å². The number of hydrogen-bond acceptors (Lipinski definition) is 29. The van der Waals surface area contributed by atoms with E-state index in [4.69, 9.17) is 56.4 Å². The second kappa shape index (κ2) is 40.8. The van der Waals surface area contributed by atoms with Crippen LogP contribution in [-0.4, -0.2) is 246 Å². The largest absolute Gasteiger partial charge is 0.508 e. The number of amides is 8. The van der Waals surface area contributed by atoms with E-state index in [0.717, 1.165) is 105 Å². The van der Waals surface area contributed by atoms with Crippen molar-refractivity contribution in [1.82, 2.24) is 52.3 Å². The SMILES string of the molecule is CC(C)CCCCCCCCC(=O)N[C@H]1[C@H](Oc2c3cc4cc2Oc2ccc(cc2Cl)[C@@H](O)[C@@H]2NC(=O)[C@H](NC(=O)[C@@H]4NC(=O)[C@H]4NC(=O)[C@@H](Cc5ccc(cc5)O3)NC(=O)[C@H](N(C)C)c3ccc(O)c(c3)Oc3cc(O)c(Cl)c4c3)c3ccc(O)c(c3)-c3c(O[C@H]4O[C@H](CO)[C@@H](O)[C@H](O)[C@@H]4O)cc(O)cc3[C@@H](C(=O)NCCCN(C)C)NC2=O)O[C@H](C(=O)O)[C@@H](O)[C@@H]1O. The summed E-state index contributed by atoms with van der Waals surface area (Å²) in [6.07, 6.45) is -15.8. The lowest BCUT2D eigenvalue weighted by Gasteiger charge is -2.41. The number of aliphatic hydroxyl groups is 7. The number of fused-ring (bicyclic) bond motifs is 14. The number of carboxylic acid groups (broad SMARTS) is 1. The Labute approximate surface area is 748 Å². The van der Waals surface area contributed by atoms with Crippen LogP contribution in [0.5, 0.6) is 69.0 Å². The van der Waals surface area contributed by atoms with Gasteiger partial charge in [-0.15, -0.1) is 0 Å². The van der Waals surface area contributed by atoms with E-state index in [0.29, 0.717) is 30.9 Å². The lowest BCUT2D eigenvalue weighted by molar-refractivity contribution is -0.277. The van der Waals surface area contributed by atoms with E-state index in [2.05, 4.69) is 56.4 Å². The maximum Gasteiger partial charge on any atom is 0.335 e. The lowest BCUT2D eigenvalue weighted by atomic mass is 9.89. The zero-order valence-electron chi connectivity index (χ0n) is 70.7. The molecule has 0 radical (unpaired) electrons. The van der Waals surface area contributed by atoms with E-state index in [1.165, 1.54) is 47.4 Å². The zero-order chi connectivity index (χ0) is 92.8. The van der Waals surface area contributed by atoms with Crippen LogP contribution in [0.25, 0.3) is 11.1 Å². The van der Waals surface area contributed by atoms with Gasteiger partial charge in [-0.05, 0) is 160 Å². The molecule has 8 amide bonds. The molecular weight excluding hydrogens is 1730 g/mol. The van der Waals surface area contributed by atoms with Crippen molar-refractivity contribution in [3.63, 3.8) is 0 Å². The van der Waals surface area contributed by atoms with Gasteiger partial charge in [-0.3, -0.25) is 43.3 Å². The summed E-state index contributed by atoms with van der Waals surface area (Å²) < 4.78 is 44.6. The van der Waals surface area contributed by atoms with Gasteiger partial charge in [0.05, 0.1) is 16.7 Å². The molecule has 15 rings (SSSR count). The van der Waals surface area contributed by atoms with Crippen LogP contribution in [0.3, 0.4) is 0 Å². The molecule has 17 bridgehead atoms. The van der Waals surface area contributed by atoms with Crippen molar-refractivity contribution in [3.05, 3.63) is 164 Å². The molecule has 20 N–H and O–H groups in total. The molecule has 18 atom stereocenters. The van der Waals surface area contributed by atoms with E-state index in [-0.39, 0.29) is 47.8 Å². The van der Waals surface area contributed by atoms with Crippen molar-refractivity contribution >= 4 is 76.4 Å². The maximum atomic E-state index is 16.9. The molecule has 0 spiro atoms. The van der Waals surface area contributed by atoms with E-state index in [9.17, 15) is 70.9 Å². The number of rotatable bonds is 22. The molecule has 129 heavy (non-hydrogen) atoms. The standard InChI is InChI=1S/C89H102Cl2N10O28/c1-39(2)14-11-9-7-8-10-12-15-62(107)94-70-74(110)76(112)79(87(121)122)129-88(70)128-78-59-32-44-33-60(78)125-56-25-20-43(30-51(56)90)72(108)69-85(119)98-67(81(115)92-26-13-27-100(3)4)49-34-45(103)35-58(126-89-77(113)75(111)73(109)61(38-102)127-89)63(49)48-29-41(18-23-53(48)104)65(82(116)99-69)95-83(117)66(44)96-84(118)68-50-36-47(37-55(106)64(50)91)124-57-31-42(19-24-54(57)105)71(101(5)6)86(120)93-52(80(114)97-68)28-40-16-21-46(123-59)22-17-40/h16-25,29-37,39,52,61,65-77,79,88-89,102-106,108-113H,7-15,26-28,38H2,1-6H3,(H,92,115)(H,93,120)(H,94,107)(H,95,117)(H,96,118)(H,97,114)(H,98,119)(H,99,116)(H,121,122)/t52-,61-,65-,66-,67+,68+,69+,70-,71-,72-,73-,74-,75+,76+,77+,79+,88-,89+/m1/s1. The second-order valence-corrected chi connectivity index (χ2v) is 34.1. The van der Waals surface area contributed by atoms with Gasteiger partial charge in [0.2, 0.25) is 65.6 Å². The van der Waals surface area contributed by atoms with Crippen LogP contribution >= 0.6 is 23.2 Å². The molecule has 7 aromatic rings. The van der Waals surface area contributed by atoms with Gasteiger partial charge in [0.1, 0.15) is 131 Å². The minimum atomic E-state index is -2.45. The Morgan fingerprint density at radius 1 is 0.550 bits per heavy atom. The number of benzene rings is 7. The lowest BCUT2D eigenvalue weighted by Crippen LogP contribution is -2.66. The van der Waals surface area contributed by atoms with Crippen molar-refractivity contribution in [2.45, 2.75) is 188 Å². The monoisotopic (exact) mass is 1830 g/mol. The van der Waals surface area contributed by atoms with Crippen LogP contribution in [-0.2, 0) is 59.0 Å². The normalized spacial score (nSPS) is 25.8. The molecule has 0 saturated carbocycles. The molecule has 38 nitrogen and oxygen atoms in total. The third-order valence-electron chi connectivity index (χ3n) is 22.9. The van der Waals surface area contributed by atoms with Crippen LogP contribution in [0.15, 0.2) is 115 Å². The third-order valence-corrected chi connectivity index (χ3v) is 23.6. The number of aliphatic hydroxyl groups excluding tert-OH is 7. The fraction of sp³-hybridized carbons (Fsp3) is 0.427. The first-order chi connectivity index (χ1) is 61.4. The average molecular weight is 1830 g/mol. The number of aliphatic carboxylic acids is 1. The predicted octanol–water partition coefficient (Wildman–Crippen LogP) is 4.51. The average Bonchev–Trinajstić information content (AvgIpc) is 0.759. The number of likely N-dealkylation sites (N-methyl/N-ethyl adjacent to an activating group) is 1. The summed E-state index contributed by atoms with van der Waals surface area (Å²) in [4.78, 5) is 142. The van der Waals surface area contributed by atoms with Gasteiger partial charge in [0, 0.05) is 48.2 Å². The smallest absolute Gasteiger partial charge is 0.335 e. The Kier molecular flexibility index (Phi) is 30.0. The molecule has 40 heteroatoms. The molecule has 7 aromatic carbocycles. The number of hydrogen-bond donors (Lipinski definition) is 20. The van der Waals surface area contributed by atoms with Crippen molar-refractivity contribution in [2.24, 2.45) is 5.92 Å². The summed E-state index contributed by atoms with van der Waals surface area (Å²) >= 11 is 14.3. The van der Waals surface area contributed by atoms with Crippen LogP contribution in [0.2, 0.25) is 10.0 Å². The van der Waals surface area contributed by atoms with Crippen molar-refractivity contribution in [2.75, 3.05) is 47.9 Å². The molecule has 8 aliphatic rings. The van der Waals surface area contributed by atoms with E-state index in [1.807, 2.05) is 0 Å². The fourth-order valence-electron chi connectivity index (χ4n) is 16.1. The van der Waals surface area contributed by atoms with Crippen molar-refractivity contribution in [3.8, 4) is 80.1 Å². The number of carbonyl (C=O) groups is 9. The van der Waals surface area contributed by atoms with Crippen molar-refractivity contribution < 1.29 is 138 Å². The van der Waals surface area contributed by atoms with E-state index >= 15 is 33.6 Å². The van der Waals surface area contributed by atoms with E-state index < -0.39 is 271 Å². The number of halogens is 2. The predicted molar refractivity (Wildman–Crippen MR) is 457 cm³/mol. The Balaban J connectivity index is 1.04. The highest BCUT2D eigenvalue weighted by Gasteiger charge is 2.52. The van der Waals surface area contributed by atoms with Crippen LogP contribution in [0.4, 0.5) is 0 Å². The molecule has 0 unspecified atom stereocenters. The maximum absolute atomic E-state index is 16.9. The number of unbranched alkanes of at least 4 members (excludes halogenated alkanes) is 5. The number of aromatic hydroxyl groups is 4. The topological polar surface area (TPSA) is 564 Å². The summed E-state index contributed by atoms with van der Waals surface area (Å²) in [7, 11) is 6.63. The molecule has 690 valence electrons. The zero-order valence-corrected chi connectivity index (χ0v) is 72.2. The summed E-state index contributed by atoms with van der Waals surface area (Å²) in [5, 5.41) is 159. The first-order valence-electron chi connectivity index (χ1n) is 41.9. The number of phenols is 4. The van der Waals surface area contributed by atoms with Gasteiger partial charge in [-0.25, -0.2) is 4.79 Å². The van der Waals surface area contributed by atoms with Gasteiger partial charge in [-0.2, -0.15) is 0 Å². The van der Waals surface area contributed by atoms with Gasteiger partial charge in [0.25, 0.3) is 0 Å². The third kappa shape index (κ3) is 21.5. The molecule has 0 aliphatic carbocycles. The highest BCUT2D eigenvalue weighted by molar-refractivity contribution is 6.33.